The second-order valence-electron chi connectivity index (χ2n) is 5.79. The van der Waals surface area contributed by atoms with Crippen LogP contribution in [0.25, 0.3) is 0 Å². The van der Waals surface area contributed by atoms with Gasteiger partial charge < -0.3 is 15.0 Å². The van der Waals surface area contributed by atoms with Crippen molar-refractivity contribution >= 4 is 5.82 Å². The third-order valence-electron chi connectivity index (χ3n) is 3.32. The van der Waals surface area contributed by atoms with Gasteiger partial charge in [-0.05, 0) is 25.5 Å². The number of anilines is 1. The van der Waals surface area contributed by atoms with Crippen LogP contribution in [0, 0.1) is 11.7 Å². The Labute approximate surface area is 120 Å². The first-order valence-electron chi connectivity index (χ1n) is 7.28. The zero-order valence-electron chi connectivity index (χ0n) is 12.5. The molecule has 0 saturated carbocycles. The van der Waals surface area contributed by atoms with Crippen LogP contribution in [0.4, 0.5) is 10.2 Å². The van der Waals surface area contributed by atoms with Gasteiger partial charge >= 0.3 is 0 Å². The molecular formula is C15H24FN3O. The second kappa shape index (κ2) is 6.99. The molecule has 0 radical (unpaired) electrons. The molecule has 1 aliphatic heterocycles. The number of nitrogens with one attached hydrogen (secondary N) is 1. The van der Waals surface area contributed by atoms with Crippen LogP contribution in [-0.4, -0.2) is 37.3 Å². The summed E-state index contributed by atoms with van der Waals surface area (Å²) >= 11 is 0. The lowest BCUT2D eigenvalue weighted by Gasteiger charge is -2.33. The summed E-state index contributed by atoms with van der Waals surface area (Å²) in [5.74, 6) is 1.16. The molecule has 2 heterocycles. The van der Waals surface area contributed by atoms with Crippen molar-refractivity contribution in [3.05, 3.63) is 23.6 Å². The monoisotopic (exact) mass is 281 g/mol. The van der Waals surface area contributed by atoms with Crippen LogP contribution in [0.2, 0.25) is 0 Å². The molecule has 1 unspecified atom stereocenters. The molecule has 2 rings (SSSR count). The van der Waals surface area contributed by atoms with Gasteiger partial charge in [0.25, 0.3) is 0 Å². The molecule has 0 aliphatic carbocycles. The highest BCUT2D eigenvalue weighted by atomic mass is 19.1. The minimum atomic E-state index is -0.281. The maximum atomic E-state index is 13.4. The van der Waals surface area contributed by atoms with Crippen molar-refractivity contribution in [2.75, 3.05) is 31.1 Å². The molecule has 1 aromatic rings. The van der Waals surface area contributed by atoms with Crippen molar-refractivity contribution in [3.8, 4) is 0 Å². The molecule has 1 atom stereocenters. The van der Waals surface area contributed by atoms with Gasteiger partial charge in [-0.3, -0.25) is 0 Å². The normalized spacial score (nSPS) is 19.6. The van der Waals surface area contributed by atoms with E-state index in [0.717, 1.165) is 31.0 Å². The summed E-state index contributed by atoms with van der Waals surface area (Å²) in [5.41, 5.74) is 0.916. The largest absolute Gasteiger partial charge is 0.375 e. The minimum Gasteiger partial charge on any atom is -0.375 e. The lowest BCUT2D eigenvalue weighted by atomic mass is 10.2. The molecule has 0 bridgehead atoms. The van der Waals surface area contributed by atoms with Gasteiger partial charge in [-0.2, -0.15) is 0 Å². The van der Waals surface area contributed by atoms with E-state index in [1.807, 2.05) is 6.92 Å². The van der Waals surface area contributed by atoms with Gasteiger partial charge in [-0.25, -0.2) is 9.37 Å². The highest BCUT2D eigenvalue weighted by Crippen LogP contribution is 2.21. The first kappa shape index (κ1) is 15.2. The molecule has 0 aromatic carbocycles. The molecule has 1 saturated heterocycles. The number of hydrogen-bond donors (Lipinski definition) is 1. The van der Waals surface area contributed by atoms with Crippen molar-refractivity contribution in [3.63, 3.8) is 0 Å². The van der Waals surface area contributed by atoms with Crippen LogP contribution in [0.3, 0.4) is 0 Å². The van der Waals surface area contributed by atoms with Crippen LogP contribution in [0.5, 0.6) is 0 Å². The summed E-state index contributed by atoms with van der Waals surface area (Å²) < 4.78 is 19.0. The fourth-order valence-electron chi connectivity index (χ4n) is 2.40. The lowest BCUT2D eigenvalue weighted by Crippen LogP contribution is -2.42. The van der Waals surface area contributed by atoms with Crippen LogP contribution in [0.15, 0.2) is 12.3 Å². The summed E-state index contributed by atoms with van der Waals surface area (Å²) in [6.45, 7) is 10.2. The maximum absolute atomic E-state index is 13.4. The van der Waals surface area contributed by atoms with Crippen LogP contribution in [-0.2, 0) is 11.3 Å². The van der Waals surface area contributed by atoms with E-state index in [4.69, 9.17) is 4.74 Å². The van der Waals surface area contributed by atoms with E-state index in [9.17, 15) is 4.39 Å². The highest BCUT2D eigenvalue weighted by molar-refractivity contribution is 5.47. The molecular weight excluding hydrogens is 257 g/mol. The van der Waals surface area contributed by atoms with Crippen LogP contribution >= 0.6 is 0 Å². The first-order valence-corrected chi connectivity index (χ1v) is 7.28. The predicted octanol–water partition coefficient (Wildman–Crippen LogP) is 2.19. The third-order valence-corrected chi connectivity index (χ3v) is 3.32. The van der Waals surface area contributed by atoms with Gasteiger partial charge in [0.05, 0.1) is 18.9 Å². The van der Waals surface area contributed by atoms with Crippen molar-refractivity contribution in [2.45, 2.75) is 33.4 Å². The van der Waals surface area contributed by atoms with Crippen molar-refractivity contribution in [1.82, 2.24) is 10.3 Å². The number of morpholine rings is 1. The Morgan fingerprint density at radius 1 is 1.55 bits per heavy atom. The fraction of sp³-hybridized carbons (Fsp3) is 0.667. The zero-order chi connectivity index (χ0) is 14.5. The molecule has 1 N–H and O–H groups in total. The molecule has 1 aliphatic rings. The van der Waals surface area contributed by atoms with E-state index in [0.29, 0.717) is 19.1 Å². The number of hydrogen-bond acceptors (Lipinski definition) is 4. The standard InChI is InChI=1S/C15H24FN3O/c1-11(2)7-17-8-13-6-14(16)9-18-15(13)19-4-5-20-12(3)10-19/h6,9,11-12,17H,4-5,7-8,10H2,1-3H3. The first-order chi connectivity index (χ1) is 9.56. The van der Waals surface area contributed by atoms with Crippen LogP contribution < -0.4 is 10.2 Å². The Morgan fingerprint density at radius 2 is 2.35 bits per heavy atom. The average Bonchev–Trinajstić information content (AvgIpc) is 2.38. The van der Waals surface area contributed by atoms with Crippen molar-refractivity contribution in [2.24, 2.45) is 5.92 Å². The van der Waals surface area contributed by atoms with Gasteiger partial charge in [0.1, 0.15) is 11.6 Å². The Bertz CT molecular complexity index is 439. The molecule has 4 nitrogen and oxygen atoms in total. The molecule has 0 spiro atoms. The summed E-state index contributed by atoms with van der Waals surface area (Å²) in [4.78, 5) is 6.47. The zero-order valence-corrected chi connectivity index (χ0v) is 12.5. The van der Waals surface area contributed by atoms with E-state index in [1.165, 1.54) is 6.20 Å². The molecule has 5 heteroatoms. The lowest BCUT2D eigenvalue weighted by molar-refractivity contribution is 0.0528. The van der Waals surface area contributed by atoms with Gasteiger partial charge in [0.15, 0.2) is 0 Å². The van der Waals surface area contributed by atoms with Crippen molar-refractivity contribution < 1.29 is 9.13 Å². The predicted molar refractivity (Wildman–Crippen MR) is 78.4 cm³/mol. The van der Waals surface area contributed by atoms with Gasteiger partial charge in [-0.1, -0.05) is 13.8 Å². The Hall–Kier alpha value is -1.20. The smallest absolute Gasteiger partial charge is 0.141 e. The topological polar surface area (TPSA) is 37.4 Å². The third kappa shape index (κ3) is 4.15. The number of rotatable bonds is 5. The second-order valence-corrected chi connectivity index (χ2v) is 5.79. The molecule has 20 heavy (non-hydrogen) atoms. The average molecular weight is 281 g/mol. The Morgan fingerprint density at radius 3 is 3.05 bits per heavy atom. The summed E-state index contributed by atoms with van der Waals surface area (Å²) in [5, 5.41) is 3.35. The number of halogens is 1. The van der Waals surface area contributed by atoms with Gasteiger partial charge in [0, 0.05) is 25.2 Å². The molecule has 1 aromatic heterocycles. The van der Waals surface area contributed by atoms with E-state index >= 15 is 0 Å². The fourth-order valence-corrected chi connectivity index (χ4v) is 2.40. The summed E-state index contributed by atoms with van der Waals surface area (Å²) in [6, 6.07) is 1.58. The van der Waals surface area contributed by atoms with E-state index < -0.39 is 0 Å². The minimum absolute atomic E-state index is 0.187. The maximum Gasteiger partial charge on any atom is 0.141 e. The van der Waals surface area contributed by atoms with Crippen molar-refractivity contribution in [1.29, 1.82) is 0 Å². The SMILES string of the molecule is CC(C)CNCc1cc(F)cnc1N1CCOC(C)C1. The van der Waals surface area contributed by atoms with Gasteiger partial charge in [0.2, 0.25) is 0 Å². The quantitative estimate of drug-likeness (QED) is 0.898. The highest BCUT2D eigenvalue weighted by Gasteiger charge is 2.20. The summed E-state index contributed by atoms with van der Waals surface area (Å²) in [6.07, 6.45) is 1.48. The van der Waals surface area contributed by atoms with Crippen LogP contribution in [0.1, 0.15) is 26.3 Å². The van der Waals surface area contributed by atoms with E-state index in [-0.39, 0.29) is 11.9 Å². The summed E-state index contributed by atoms with van der Waals surface area (Å²) in [7, 11) is 0. The Balaban J connectivity index is 2.10. The number of nitrogens with zero attached hydrogens (tertiary/aromatic N) is 2. The van der Waals surface area contributed by atoms with E-state index in [2.05, 4.69) is 29.0 Å². The number of aromatic nitrogens is 1. The Kier molecular flexibility index (Phi) is 5.31. The van der Waals surface area contributed by atoms with E-state index in [1.54, 1.807) is 6.07 Å². The number of pyridine rings is 1. The molecule has 112 valence electrons. The molecule has 1 fully saturated rings. The number of ether oxygens (including phenoxy) is 1. The van der Waals surface area contributed by atoms with Gasteiger partial charge in [-0.15, -0.1) is 0 Å². The molecule has 0 amide bonds.